The van der Waals surface area contributed by atoms with Crippen molar-refractivity contribution in [1.29, 1.82) is 0 Å². The molecule has 2 aromatic carbocycles. The van der Waals surface area contributed by atoms with Crippen molar-refractivity contribution in [3.05, 3.63) is 66.5 Å². The van der Waals surface area contributed by atoms with Crippen molar-refractivity contribution in [1.82, 2.24) is 9.97 Å². The Morgan fingerprint density at radius 1 is 0.905 bits per heavy atom. The molecule has 5 heteroatoms. The number of nitrogens with one attached hydrogen (secondary N) is 1. The van der Waals surface area contributed by atoms with Crippen molar-refractivity contribution < 1.29 is 13.2 Å². The van der Waals surface area contributed by atoms with Gasteiger partial charge in [-0.1, -0.05) is 36.4 Å². The number of nitrogens with zero attached hydrogens (tertiary/aromatic N) is 1. The van der Waals surface area contributed by atoms with Gasteiger partial charge in [0.05, 0.1) is 5.56 Å². The van der Waals surface area contributed by atoms with Crippen LogP contribution in [-0.2, 0) is 6.18 Å². The Labute approximate surface area is 119 Å². The van der Waals surface area contributed by atoms with E-state index in [0.29, 0.717) is 17.0 Å². The molecule has 0 radical (unpaired) electrons. The molecule has 0 aliphatic carbocycles. The van der Waals surface area contributed by atoms with Crippen LogP contribution in [0.3, 0.4) is 0 Å². The van der Waals surface area contributed by atoms with Crippen LogP contribution in [0.4, 0.5) is 13.2 Å². The summed E-state index contributed by atoms with van der Waals surface area (Å²) in [6.45, 7) is 0. The third kappa shape index (κ3) is 2.67. The van der Waals surface area contributed by atoms with Crippen molar-refractivity contribution in [2.75, 3.05) is 0 Å². The maximum Gasteiger partial charge on any atom is 0.416 e. The third-order valence-corrected chi connectivity index (χ3v) is 3.19. The first kappa shape index (κ1) is 13.4. The molecule has 1 heterocycles. The molecule has 0 amide bonds. The molecule has 1 aromatic heterocycles. The Balaban J connectivity index is 2.21. The first-order chi connectivity index (χ1) is 10.1. The zero-order valence-corrected chi connectivity index (χ0v) is 10.9. The number of alkyl halides is 3. The van der Waals surface area contributed by atoms with Crippen LogP contribution >= 0.6 is 0 Å². The van der Waals surface area contributed by atoms with Crippen LogP contribution in [0.25, 0.3) is 22.5 Å². The maximum atomic E-state index is 12.9. The van der Waals surface area contributed by atoms with Crippen LogP contribution in [0, 0.1) is 0 Å². The molecular weight excluding hydrogens is 277 g/mol. The summed E-state index contributed by atoms with van der Waals surface area (Å²) in [7, 11) is 0. The van der Waals surface area contributed by atoms with Gasteiger partial charge in [0, 0.05) is 18.0 Å². The van der Waals surface area contributed by atoms with Crippen molar-refractivity contribution in [3.8, 4) is 22.5 Å². The Morgan fingerprint density at radius 2 is 1.67 bits per heavy atom. The Morgan fingerprint density at radius 3 is 2.29 bits per heavy atom. The molecule has 0 atom stereocenters. The van der Waals surface area contributed by atoms with Gasteiger partial charge >= 0.3 is 6.18 Å². The van der Waals surface area contributed by atoms with E-state index < -0.39 is 11.7 Å². The third-order valence-electron chi connectivity index (χ3n) is 3.19. The van der Waals surface area contributed by atoms with Crippen LogP contribution in [-0.4, -0.2) is 9.97 Å². The van der Waals surface area contributed by atoms with E-state index >= 15 is 0 Å². The summed E-state index contributed by atoms with van der Waals surface area (Å²) in [6.07, 6.45) is -1.27. The second-order valence-electron chi connectivity index (χ2n) is 4.56. The fourth-order valence-electron chi connectivity index (χ4n) is 2.20. The number of H-pyrrole nitrogens is 1. The topological polar surface area (TPSA) is 28.7 Å². The first-order valence-corrected chi connectivity index (χ1v) is 6.32. The first-order valence-electron chi connectivity index (χ1n) is 6.32. The largest absolute Gasteiger partial charge is 0.416 e. The van der Waals surface area contributed by atoms with E-state index in [9.17, 15) is 13.2 Å². The summed E-state index contributed by atoms with van der Waals surface area (Å²) < 4.78 is 38.7. The minimum absolute atomic E-state index is 0.417. The Kier molecular flexibility index (Phi) is 3.25. The van der Waals surface area contributed by atoms with E-state index in [1.807, 2.05) is 30.3 Å². The van der Waals surface area contributed by atoms with E-state index in [1.165, 1.54) is 12.3 Å². The van der Waals surface area contributed by atoms with Crippen molar-refractivity contribution in [2.45, 2.75) is 6.18 Å². The predicted molar refractivity (Wildman–Crippen MR) is 74.5 cm³/mol. The number of imidazole rings is 1. The number of rotatable bonds is 2. The van der Waals surface area contributed by atoms with Gasteiger partial charge in [0.15, 0.2) is 0 Å². The second kappa shape index (κ2) is 5.09. The SMILES string of the molecule is FC(F)(F)c1ccc(-c2ccccc2)c(-c2ncc[nH]2)c1. The Bertz CT molecular complexity index is 732. The number of halogens is 3. The molecular formula is C16H11F3N2. The minimum Gasteiger partial charge on any atom is -0.345 e. The zero-order chi connectivity index (χ0) is 14.9. The van der Waals surface area contributed by atoms with Gasteiger partial charge in [-0.2, -0.15) is 13.2 Å². The molecule has 0 saturated heterocycles. The van der Waals surface area contributed by atoms with Gasteiger partial charge in [-0.25, -0.2) is 4.98 Å². The highest BCUT2D eigenvalue weighted by Gasteiger charge is 2.31. The average Bonchev–Trinajstić information content (AvgIpc) is 3.01. The zero-order valence-electron chi connectivity index (χ0n) is 10.9. The molecule has 0 fully saturated rings. The highest BCUT2D eigenvalue weighted by atomic mass is 19.4. The summed E-state index contributed by atoms with van der Waals surface area (Å²) in [5.41, 5.74) is 1.30. The van der Waals surface area contributed by atoms with Gasteiger partial charge in [0.25, 0.3) is 0 Å². The van der Waals surface area contributed by atoms with Crippen molar-refractivity contribution >= 4 is 0 Å². The summed E-state index contributed by atoms with van der Waals surface area (Å²) in [5, 5.41) is 0. The van der Waals surface area contributed by atoms with Crippen LogP contribution in [0.15, 0.2) is 60.9 Å². The molecule has 0 aliphatic heterocycles. The van der Waals surface area contributed by atoms with E-state index in [1.54, 1.807) is 6.20 Å². The van der Waals surface area contributed by atoms with Crippen LogP contribution < -0.4 is 0 Å². The normalized spacial score (nSPS) is 11.6. The van der Waals surface area contributed by atoms with Gasteiger partial charge in [-0.15, -0.1) is 0 Å². The highest BCUT2D eigenvalue weighted by Crippen LogP contribution is 2.36. The summed E-state index contributed by atoms with van der Waals surface area (Å²) >= 11 is 0. The predicted octanol–water partition coefficient (Wildman–Crippen LogP) is 4.76. The van der Waals surface area contributed by atoms with Gasteiger partial charge in [-0.05, 0) is 23.3 Å². The van der Waals surface area contributed by atoms with Crippen molar-refractivity contribution in [2.24, 2.45) is 0 Å². The lowest BCUT2D eigenvalue weighted by atomic mass is 9.97. The molecule has 0 aliphatic rings. The number of aromatic amines is 1. The van der Waals surface area contributed by atoms with Gasteiger partial charge in [0.2, 0.25) is 0 Å². The van der Waals surface area contributed by atoms with E-state index in [2.05, 4.69) is 9.97 Å². The van der Waals surface area contributed by atoms with Crippen LogP contribution in [0.2, 0.25) is 0 Å². The average molecular weight is 288 g/mol. The van der Waals surface area contributed by atoms with Crippen LogP contribution in [0.1, 0.15) is 5.56 Å². The highest BCUT2D eigenvalue weighted by molar-refractivity contribution is 5.81. The summed E-state index contributed by atoms with van der Waals surface area (Å²) in [5.74, 6) is 0.417. The number of hydrogen-bond acceptors (Lipinski definition) is 1. The monoisotopic (exact) mass is 288 g/mol. The fraction of sp³-hybridized carbons (Fsp3) is 0.0625. The van der Waals surface area contributed by atoms with Gasteiger partial charge < -0.3 is 4.98 Å². The molecule has 106 valence electrons. The number of hydrogen-bond donors (Lipinski definition) is 1. The number of aromatic nitrogens is 2. The number of benzene rings is 2. The summed E-state index contributed by atoms with van der Waals surface area (Å²) in [4.78, 5) is 6.94. The maximum absolute atomic E-state index is 12.9. The lowest BCUT2D eigenvalue weighted by Crippen LogP contribution is -2.05. The summed E-state index contributed by atoms with van der Waals surface area (Å²) in [6, 6.07) is 13.0. The quantitative estimate of drug-likeness (QED) is 0.723. The van der Waals surface area contributed by atoms with E-state index in [4.69, 9.17) is 0 Å². The molecule has 0 unspecified atom stereocenters. The molecule has 3 aromatic rings. The molecule has 3 rings (SSSR count). The van der Waals surface area contributed by atoms with E-state index in [0.717, 1.165) is 17.7 Å². The molecule has 1 N–H and O–H groups in total. The van der Waals surface area contributed by atoms with Gasteiger partial charge in [0.1, 0.15) is 5.82 Å². The molecule has 2 nitrogen and oxygen atoms in total. The minimum atomic E-state index is -4.38. The van der Waals surface area contributed by atoms with E-state index in [-0.39, 0.29) is 0 Å². The van der Waals surface area contributed by atoms with Crippen molar-refractivity contribution in [3.63, 3.8) is 0 Å². The molecule has 0 spiro atoms. The molecule has 0 saturated carbocycles. The lowest BCUT2D eigenvalue weighted by molar-refractivity contribution is -0.137. The second-order valence-corrected chi connectivity index (χ2v) is 4.56. The molecule has 21 heavy (non-hydrogen) atoms. The lowest BCUT2D eigenvalue weighted by Gasteiger charge is -2.12. The standard InChI is InChI=1S/C16H11F3N2/c17-16(18,19)12-6-7-13(11-4-2-1-3-5-11)14(10-12)15-20-8-9-21-15/h1-10H,(H,20,21). The van der Waals surface area contributed by atoms with Gasteiger partial charge in [-0.3, -0.25) is 0 Å². The smallest absolute Gasteiger partial charge is 0.345 e. The Hall–Kier alpha value is -2.56. The molecule has 0 bridgehead atoms. The van der Waals surface area contributed by atoms with Crippen LogP contribution in [0.5, 0.6) is 0 Å². The fourth-order valence-corrected chi connectivity index (χ4v) is 2.20.